The average molecular weight is 276 g/mol. The monoisotopic (exact) mass is 275 g/mol. The van der Waals surface area contributed by atoms with Crippen molar-refractivity contribution in [1.82, 2.24) is 0 Å². The van der Waals surface area contributed by atoms with Gasteiger partial charge in [-0.2, -0.15) is 0 Å². The van der Waals surface area contributed by atoms with E-state index in [1.54, 1.807) is 0 Å². The minimum atomic E-state index is -1.09. The lowest BCUT2D eigenvalue weighted by molar-refractivity contribution is 0.508. The molecule has 2 aromatic rings. The summed E-state index contributed by atoms with van der Waals surface area (Å²) >= 11 is 5.69. The number of benzene rings is 2. The molecule has 0 saturated carbocycles. The van der Waals surface area contributed by atoms with Crippen LogP contribution in [0.5, 0.6) is 0 Å². The van der Waals surface area contributed by atoms with E-state index in [4.69, 9.17) is 11.6 Å². The molecule has 0 aromatic heterocycles. The molecule has 0 atom stereocenters. The van der Waals surface area contributed by atoms with Gasteiger partial charge in [-0.25, -0.2) is 17.6 Å². The number of anilines is 2. The predicted octanol–water partition coefficient (Wildman–Crippen LogP) is 4.64. The fourth-order valence-electron chi connectivity index (χ4n) is 1.35. The molecule has 0 heterocycles. The molecular weight excluding hydrogens is 270 g/mol. The lowest BCUT2D eigenvalue weighted by Crippen LogP contribution is -1.95. The van der Waals surface area contributed by atoms with Crippen molar-refractivity contribution in [2.75, 3.05) is 5.32 Å². The summed E-state index contributed by atoms with van der Waals surface area (Å²) in [6.07, 6.45) is 0. The molecule has 0 radical (unpaired) electrons. The van der Waals surface area contributed by atoms with Crippen LogP contribution in [0, 0.1) is 23.3 Å². The van der Waals surface area contributed by atoms with Crippen molar-refractivity contribution in [3.05, 3.63) is 58.6 Å². The summed E-state index contributed by atoms with van der Waals surface area (Å²) in [6.45, 7) is 0. The van der Waals surface area contributed by atoms with Crippen molar-refractivity contribution in [2.45, 2.75) is 0 Å². The Morgan fingerprint density at radius 1 is 0.778 bits per heavy atom. The first-order chi connectivity index (χ1) is 8.47. The maximum absolute atomic E-state index is 13.0. The maximum atomic E-state index is 13.0. The highest BCUT2D eigenvalue weighted by molar-refractivity contribution is 6.33. The van der Waals surface area contributed by atoms with Crippen LogP contribution in [0.15, 0.2) is 30.3 Å². The summed E-state index contributed by atoms with van der Waals surface area (Å²) in [4.78, 5) is 0. The quantitative estimate of drug-likeness (QED) is 0.622. The van der Waals surface area contributed by atoms with Crippen molar-refractivity contribution < 1.29 is 17.6 Å². The fourth-order valence-corrected chi connectivity index (χ4v) is 1.55. The number of nitrogens with one attached hydrogen (secondary N) is 1. The topological polar surface area (TPSA) is 12.0 Å². The molecule has 0 fully saturated rings. The molecule has 94 valence electrons. The zero-order chi connectivity index (χ0) is 13.3. The second-order valence-electron chi connectivity index (χ2n) is 3.50. The number of halogens is 5. The molecule has 18 heavy (non-hydrogen) atoms. The van der Waals surface area contributed by atoms with E-state index in [1.807, 2.05) is 0 Å². The van der Waals surface area contributed by atoms with Crippen LogP contribution in [0.3, 0.4) is 0 Å². The van der Waals surface area contributed by atoms with Crippen LogP contribution in [0.1, 0.15) is 0 Å². The molecule has 2 rings (SSSR count). The third-order valence-corrected chi connectivity index (χ3v) is 2.52. The molecular formula is C12H6ClF4N. The number of hydrogen-bond acceptors (Lipinski definition) is 1. The largest absolute Gasteiger partial charge is 0.354 e. The van der Waals surface area contributed by atoms with Gasteiger partial charge in [0.2, 0.25) is 0 Å². The Hall–Kier alpha value is -1.75. The molecule has 2 aromatic carbocycles. The molecule has 0 saturated heterocycles. The first-order valence-electron chi connectivity index (χ1n) is 4.84. The Morgan fingerprint density at radius 3 is 2.06 bits per heavy atom. The van der Waals surface area contributed by atoms with Gasteiger partial charge in [0, 0.05) is 17.8 Å². The maximum Gasteiger partial charge on any atom is 0.161 e. The highest BCUT2D eigenvalue weighted by atomic mass is 35.5. The fraction of sp³-hybridized carbons (Fsp3) is 0. The normalized spacial score (nSPS) is 10.5. The summed E-state index contributed by atoms with van der Waals surface area (Å²) < 4.78 is 51.5. The third kappa shape index (κ3) is 2.56. The second-order valence-corrected chi connectivity index (χ2v) is 3.91. The molecule has 1 nitrogen and oxygen atoms in total. The number of hydrogen-bond donors (Lipinski definition) is 1. The summed E-state index contributed by atoms with van der Waals surface area (Å²) in [5.41, 5.74) is 0.225. The van der Waals surface area contributed by atoms with Gasteiger partial charge in [-0.1, -0.05) is 11.6 Å². The lowest BCUT2D eigenvalue weighted by atomic mass is 10.2. The van der Waals surface area contributed by atoms with E-state index < -0.39 is 23.3 Å². The third-order valence-electron chi connectivity index (χ3n) is 2.21. The van der Waals surface area contributed by atoms with Gasteiger partial charge >= 0.3 is 0 Å². The first kappa shape index (κ1) is 12.7. The minimum Gasteiger partial charge on any atom is -0.354 e. The van der Waals surface area contributed by atoms with Crippen molar-refractivity contribution in [2.24, 2.45) is 0 Å². The van der Waals surface area contributed by atoms with E-state index in [1.165, 1.54) is 6.07 Å². The van der Waals surface area contributed by atoms with Crippen molar-refractivity contribution in [3.8, 4) is 0 Å². The highest BCUT2D eigenvalue weighted by Crippen LogP contribution is 2.28. The molecule has 0 bridgehead atoms. The smallest absolute Gasteiger partial charge is 0.161 e. The average Bonchev–Trinajstić information content (AvgIpc) is 2.31. The van der Waals surface area contributed by atoms with Gasteiger partial charge in [0.05, 0.1) is 10.7 Å². The molecule has 0 aliphatic rings. The molecule has 0 spiro atoms. The van der Waals surface area contributed by atoms with Crippen LogP contribution in [0.4, 0.5) is 28.9 Å². The van der Waals surface area contributed by atoms with Gasteiger partial charge in [0.25, 0.3) is 0 Å². The molecule has 0 unspecified atom stereocenters. The number of rotatable bonds is 2. The zero-order valence-corrected chi connectivity index (χ0v) is 9.53. The van der Waals surface area contributed by atoms with Crippen molar-refractivity contribution >= 4 is 23.0 Å². The van der Waals surface area contributed by atoms with E-state index >= 15 is 0 Å². The van der Waals surface area contributed by atoms with Crippen LogP contribution < -0.4 is 5.32 Å². The summed E-state index contributed by atoms with van der Waals surface area (Å²) in [5, 5.41) is 2.49. The SMILES string of the molecule is Fc1ccc(Nc2cc(F)c(F)cc2Cl)cc1F. The van der Waals surface area contributed by atoms with Gasteiger partial charge in [0.15, 0.2) is 23.3 Å². The molecule has 1 N–H and O–H groups in total. The zero-order valence-electron chi connectivity index (χ0n) is 8.78. The summed E-state index contributed by atoms with van der Waals surface area (Å²) in [7, 11) is 0. The Morgan fingerprint density at radius 2 is 1.39 bits per heavy atom. The van der Waals surface area contributed by atoms with E-state index in [-0.39, 0.29) is 16.4 Å². The van der Waals surface area contributed by atoms with Gasteiger partial charge < -0.3 is 5.32 Å². The van der Waals surface area contributed by atoms with Gasteiger partial charge in [-0.3, -0.25) is 0 Å². The minimum absolute atomic E-state index is 0.0570. The first-order valence-corrected chi connectivity index (χ1v) is 5.22. The van der Waals surface area contributed by atoms with Gasteiger partial charge in [0.1, 0.15) is 0 Å². The molecule has 0 amide bonds. The predicted molar refractivity (Wildman–Crippen MR) is 61.0 cm³/mol. The summed E-state index contributed by atoms with van der Waals surface area (Å²) in [5.74, 6) is -4.24. The lowest BCUT2D eigenvalue weighted by Gasteiger charge is -2.09. The van der Waals surface area contributed by atoms with Crippen LogP contribution in [-0.2, 0) is 0 Å². The van der Waals surface area contributed by atoms with Gasteiger partial charge in [-0.05, 0) is 18.2 Å². The molecule has 0 aliphatic heterocycles. The molecule has 6 heteroatoms. The standard InChI is InChI=1S/C12H6ClF4N/c13-7-4-10(16)11(17)5-12(7)18-6-1-2-8(14)9(15)3-6/h1-5,18H. The Labute approximate surface area is 105 Å². The van der Waals surface area contributed by atoms with Crippen LogP contribution in [0.25, 0.3) is 0 Å². The Kier molecular flexibility index (Phi) is 3.43. The Balaban J connectivity index is 2.34. The Bertz CT molecular complexity index is 601. The molecule has 0 aliphatic carbocycles. The van der Waals surface area contributed by atoms with E-state index in [0.29, 0.717) is 0 Å². The van der Waals surface area contributed by atoms with Crippen LogP contribution in [0.2, 0.25) is 5.02 Å². The van der Waals surface area contributed by atoms with E-state index in [2.05, 4.69) is 5.32 Å². The summed E-state index contributed by atoms with van der Waals surface area (Å²) in [6, 6.07) is 4.66. The van der Waals surface area contributed by atoms with Crippen molar-refractivity contribution in [1.29, 1.82) is 0 Å². The second kappa shape index (κ2) is 4.86. The van der Waals surface area contributed by atoms with Crippen LogP contribution in [-0.4, -0.2) is 0 Å². The van der Waals surface area contributed by atoms with Crippen molar-refractivity contribution in [3.63, 3.8) is 0 Å². The van der Waals surface area contributed by atoms with Gasteiger partial charge in [-0.15, -0.1) is 0 Å². The van der Waals surface area contributed by atoms with Crippen LogP contribution >= 0.6 is 11.6 Å². The van der Waals surface area contributed by atoms with E-state index in [9.17, 15) is 17.6 Å². The highest BCUT2D eigenvalue weighted by Gasteiger charge is 2.09. The van der Waals surface area contributed by atoms with E-state index in [0.717, 1.165) is 24.3 Å².